The lowest BCUT2D eigenvalue weighted by Gasteiger charge is -2.20. The van der Waals surface area contributed by atoms with Gasteiger partial charge in [-0.05, 0) is 18.0 Å². The van der Waals surface area contributed by atoms with Gasteiger partial charge in [-0.15, -0.1) is 0 Å². The van der Waals surface area contributed by atoms with Gasteiger partial charge in [-0.2, -0.15) is 0 Å². The molecule has 2 heterocycles. The summed E-state index contributed by atoms with van der Waals surface area (Å²) in [6.45, 7) is 5.90. The number of rotatable bonds is 8. The molecule has 1 fully saturated rings. The molecule has 1 aliphatic rings. The normalized spacial score (nSPS) is 23.9. The molecule has 140 valence electrons. The van der Waals surface area contributed by atoms with Crippen molar-refractivity contribution < 1.29 is 14.6 Å². The fourth-order valence-electron chi connectivity index (χ4n) is 2.55. The van der Waals surface area contributed by atoms with Crippen molar-refractivity contribution in [1.29, 1.82) is 0 Å². The van der Waals surface area contributed by atoms with Gasteiger partial charge >= 0.3 is 5.69 Å². The van der Waals surface area contributed by atoms with Gasteiger partial charge in [-0.25, -0.2) is 4.79 Å². The summed E-state index contributed by atoms with van der Waals surface area (Å²) in [7, 11) is 5.51. The number of aliphatic hydroxyl groups is 1. The molecule has 1 aromatic rings. The van der Waals surface area contributed by atoms with Crippen LogP contribution in [0.3, 0.4) is 0 Å². The van der Waals surface area contributed by atoms with Gasteiger partial charge in [0.05, 0.1) is 12.2 Å². The van der Waals surface area contributed by atoms with Crippen LogP contribution >= 0.6 is 21.6 Å². The predicted octanol–water partition coefficient (Wildman–Crippen LogP) is 0.608. The largest absolute Gasteiger partial charge is 0.396 e. The van der Waals surface area contributed by atoms with Crippen molar-refractivity contribution in [1.82, 2.24) is 9.55 Å². The number of aromatic nitrogens is 2. The molecule has 0 aliphatic carbocycles. The average molecular weight is 388 g/mol. The van der Waals surface area contributed by atoms with Crippen LogP contribution in [0.15, 0.2) is 15.8 Å². The average Bonchev–Trinajstić information content (AvgIpc) is 2.90. The van der Waals surface area contributed by atoms with Crippen molar-refractivity contribution in [3.63, 3.8) is 0 Å². The minimum atomic E-state index is -0.509. The quantitative estimate of drug-likeness (QED) is 0.292. The Morgan fingerprint density at radius 1 is 1.52 bits per heavy atom. The lowest BCUT2D eigenvalue weighted by atomic mass is 9.91. The molecule has 3 atom stereocenters. The molecule has 10 heteroatoms. The Balaban J connectivity index is 2.03. The minimum Gasteiger partial charge on any atom is -0.396 e. The molecule has 0 amide bonds. The topological polar surface area (TPSA) is 93.6 Å². The second-order valence-corrected chi connectivity index (χ2v) is 10.1. The number of nitrogens with zero attached hydrogens (tertiary/aromatic N) is 1. The van der Waals surface area contributed by atoms with Crippen molar-refractivity contribution in [3.05, 3.63) is 32.6 Å². The number of aryl methyl sites for hydroxylation is 1. The molecule has 7 nitrogen and oxygen atoms in total. The zero-order valence-electron chi connectivity index (χ0n) is 15.0. The van der Waals surface area contributed by atoms with Crippen LogP contribution < -0.4 is 11.2 Å². The number of H-pyrrole nitrogens is 1. The maximum atomic E-state index is 12.1. The number of ether oxygens (including phenoxy) is 2. The van der Waals surface area contributed by atoms with E-state index in [9.17, 15) is 14.7 Å². The Labute approximate surface area is 155 Å². The monoisotopic (exact) mass is 388 g/mol. The molecule has 0 saturated carbocycles. The first-order chi connectivity index (χ1) is 11.7. The fraction of sp³-hybridized carbons (Fsp3) is 0.733. The maximum absolute atomic E-state index is 12.1. The van der Waals surface area contributed by atoms with Gasteiger partial charge in [0.1, 0.15) is 20.0 Å². The van der Waals surface area contributed by atoms with Crippen LogP contribution in [-0.4, -0.2) is 51.9 Å². The summed E-state index contributed by atoms with van der Waals surface area (Å²) in [5.74, 6) is 0.504. The van der Waals surface area contributed by atoms with E-state index in [1.807, 2.05) is 0 Å². The highest BCUT2D eigenvalue weighted by Crippen LogP contribution is 2.36. The lowest BCUT2D eigenvalue weighted by Crippen LogP contribution is -2.33. The second kappa shape index (κ2) is 8.81. The highest BCUT2D eigenvalue weighted by Gasteiger charge is 2.37. The molecule has 1 aliphatic heterocycles. The molecule has 0 aromatic carbocycles. The SMILES string of the molecule is BC(C)(C)SSCO[C@@H]1C[C@H](n2cc(C)c(=O)[nH]c2=O)OC1CCO. The smallest absolute Gasteiger partial charge is 0.330 e. The summed E-state index contributed by atoms with van der Waals surface area (Å²) in [4.78, 5) is 25.9. The Morgan fingerprint density at radius 2 is 2.24 bits per heavy atom. The summed E-state index contributed by atoms with van der Waals surface area (Å²) >= 11 is 0. The molecule has 2 rings (SSSR count). The van der Waals surface area contributed by atoms with E-state index in [-0.39, 0.29) is 23.5 Å². The van der Waals surface area contributed by atoms with Gasteiger partial charge in [-0.3, -0.25) is 14.3 Å². The third-order valence-corrected chi connectivity index (χ3v) is 6.68. The minimum absolute atomic E-state index is 0.0132. The van der Waals surface area contributed by atoms with Crippen LogP contribution in [0.4, 0.5) is 0 Å². The van der Waals surface area contributed by atoms with E-state index in [2.05, 4.69) is 26.7 Å². The van der Waals surface area contributed by atoms with E-state index < -0.39 is 17.5 Å². The van der Waals surface area contributed by atoms with E-state index in [0.29, 0.717) is 24.3 Å². The standard InChI is InChI=1S/C15H25BN2O5S2/c1-9-7-18(14(21)17-13(9)20)12-6-11(10(23-12)4-5-19)22-8-24-25-15(2,3)16/h7,10-12,19H,4-6,8,16H2,1-3H3,(H,17,20,21)/t10?,11-,12-/m1/s1. The maximum Gasteiger partial charge on any atom is 0.330 e. The van der Waals surface area contributed by atoms with Crippen LogP contribution in [0.5, 0.6) is 0 Å². The molecular formula is C15H25BN2O5S2. The van der Waals surface area contributed by atoms with Gasteiger partial charge in [0.2, 0.25) is 0 Å². The molecular weight excluding hydrogens is 363 g/mol. The molecule has 25 heavy (non-hydrogen) atoms. The highest BCUT2D eigenvalue weighted by atomic mass is 33.1. The highest BCUT2D eigenvalue weighted by molar-refractivity contribution is 8.77. The van der Waals surface area contributed by atoms with Crippen LogP contribution in [0.2, 0.25) is 0 Å². The van der Waals surface area contributed by atoms with Crippen LogP contribution in [0.1, 0.15) is 38.5 Å². The number of hydrogen-bond acceptors (Lipinski definition) is 7. The van der Waals surface area contributed by atoms with E-state index in [1.54, 1.807) is 28.5 Å². The van der Waals surface area contributed by atoms with Gasteiger partial charge in [0, 0.05) is 24.8 Å². The number of nitrogens with one attached hydrogen (secondary N) is 1. The first-order valence-electron chi connectivity index (χ1n) is 8.22. The third-order valence-electron chi connectivity index (χ3n) is 3.69. The van der Waals surface area contributed by atoms with Crippen molar-refractivity contribution >= 4 is 29.4 Å². The number of aromatic amines is 1. The first kappa shape index (κ1) is 20.6. The molecule has 2 N–H and O–H groups in total. The van der Waals surface area contributed by atoms with Gasteiger partial charge in [-0.1, -0.05) is 35.4 Å². The second-order valence-electron chi connectivity index (χ2n) is 6.99. The zero-order valence-corrected chi connectivity index (χ0v) is 16.6. The Hall–Kier alpha value is -0.675. The summed E-state index contributed by atoms with van der Waals surface area (Å²) in [6.07, 6.45) is 1.45. The summed E-state index contributed by atoms with van der Waals surface area (Å²) in [6, 6.07) is 0. The van der Waals surface area contributed by atoms with Gasteiger partial charge in [0.15, 0.2) is 0 Å². The van der Waals surface area contributed by atoms with Crippen molar-refractivity contribution in [2.24, 2.45) is 0 Å². The fourth-order valence-corrected chi connectivity index (χ4v) is 4.55. The van der Waals surface area contributed by atoms with E-state index in [0.717, 1.165) is 0 Å². The Kier molecular flexibility index (Phi) is 7.27. The van der Waals surface area contributed by atoms with Crippen molar-refractivity contribution in [3.8, 4) is 0 Å². The van der Waals surface area contributed by atoms with Crippen molar-refractivity contribution in [2.75, 3.05) is 12.5 Å². The Bertz CT molecular complexity index is 688. The van der Waals surface area contributed by atoms with Crippen LogP contribution in [0.25, 0.3) is 0 Å². The molecule has 1 unspecified atom stereocenters. The zero-order chi connectivity index (χ0) is 18.6. The summed E-state index contributed by atoms with van der Waals surface area (Å²) < 4.78 is 13.4. The van der Waals surface area contributed by atoms with E-state index in [1.165, 1.54) is 10.8 Å². The molecule has 0 bridgehead atoms. The Morgan fingerprint density at radius 3 is 2.88 bits per heavy atom. The molecule has 0 spiro atoms. The number of aliphatic hydroxyl groups excluding tert-OH is 1. The summed E-state index contributed by atoms with van der Waals surface area (Å²) in [5, 5.41) is 9.25. The predicted molar refractivity (Wildman–Crippen MR) is 104 cm³/mol. The van der Waals surface area contributed by atoms with Gasteiger partial charge in [0.25, 0.3) is 5.56 Å². The molecule has 1 saturated heterocycles. The van der Waals surface area contributed by atoms with E-state index >= 15 is 0 Å². The van der Waals surface area contributed by atoms with Crippen molar-refractivity contribution in [2.45, 2.75) is 56.7 Å². The summed E-state index contributed by atoms with van der Waals surface area (Å²) in [5.41, 5.74) is -0.445. The van der Waals surface area contributed by atoms with Crippen LogP contribution in [-0.2, 0) is 9.47 Å². The first-order valence-corrected chi connectivity index (χ1v) is 10.5. The van der Waals surface area contributed by atoms with Crippen LogP contribution in [0, 0.1) is 6.92 Å². The molecule has 0 radical (unpaired) electrons. The third kappa shape index (κ3) is 5.92. The van der Waals surface area contributed by atoms with E-state index in [4.69, 9.17) is 9.47 Å². The molecule has 1 aromatic heterocycles. The lowest BCUT2D eigenvalue weighted by molar-refractivity contribution is -0.0408. The number of hydrogen-bond donors (Lipinski definition) is 2. The van der Waals surface area contributed by atoms with Gasteiger partial charge < -0.3 is 14.6 Å².